The molecule has 0 aliphatic heterocycles. The third kappa shape index (κ3) is 3.77. The van der Waals surface area contributed by atoms with E-state index >= 15 is 0 Å². The zero-order valence-corrected chi connectivity index (χ0v) is 13.8. The molecule has 1 fully saturated rings. The van der Waals surface area contributed by atoms with Crippen LogP contribution >= 0.6 is 11.8 Å². The molecule has 1 aliphatic carbocycles. The number of ketones is 1. The van der Waals surface area contributed by atoms with Crippen molar-refractivity contribution in [2.24, 2.45) is 0 Å². The Bertz CT molecular complexity index is 667. The van der Waals surface area contributed by atoms with Crippen LogP contribution in [0.15, 0.2) is 29.4 Å². The molecular weight excluding hydrogens is 315 g/mol. The monoisotopic (exact) mass is 334 g/mol. The van der Waals surface area contributed by atoms with Crippen LogP contribution in [-0.4, -0.2) is 31.2 Å². The van der Waals surface area contributed by atoms with Gasteiger partial charge in [-0.1, -0.05) is 31.0 Å². The maximum absolute atomic E-state index is 13.0. The molecule has 7 heteroatoms. The largest absolute Gasteiger partial charge is 0.293 e. The number of aromatic nitrogens is 4. The summed E-state index contributed by atoms with van der Waals surface area (Å²) in [6.07, 6.45) is 5.82. The molecule has 0 unspecified atom stereocenters. The van der Waals surface area contributed by atoms with Crippen LogP contribution < -0.4 is 0 Å². The highest BCUT2D eigenvalue weighted by atomic mass is 32.2. The molecule has 5 nitrogen and oxygen atoms in total. The number of halogens is 1. The third-order valence-corrected chi connectivity index (χ3v) is 5.21. The number of nitrogens with zero attached hydrogens (tertiary/aromatic N) is 4. The molecule has 23 heavy (non-hydrogen) atoms. The predicted octanol–water partition coefficient (Wildman–Crippen LogP) is 3.68. The van der Waals surface area contributed by atoms with Gasteiger partial charge in [-0.25, -0.2) is 9.07 Å². The van der Waals surface area contributed by atoms with Crippen LogP contribution in [0.3, 0.4) is 0 Å². The number of hydrogen-bond donors (Lipinski definition) is 0. The van der Waals surface area contributed by atoms with E-state index in [0.717, 1.165) is 12.8 Å². The fraction of sp³-hybridized carbons (Fsp3) is 0.500. The first kappa shape index (κ1) is 16.1. The van der Waals surface area contributed by atoms with Crippen molar-refractivity contribution in [2.45, 2.75) is 55.5 Å². The minimum absolute atomic E-state index is 0.0480. The molecule has 0 amide bonds. The average molecular weight is 334 g/mol. The van der Waals surface area contributed by atoms with Gasteiger partial charge in [0.05, 0.1) is 11.3 Å². The zero-order valence-electron chi connectivity index (χ0n) is 13.0. The summed E-state index contributed by atoms with van der Waals surface area (Å²) in [4.78, 5) is 12.4. The molecule has 1 aliphatic rings. The smallest absolute Gasteiger partial charge is 0.210 e. The van der Waals surface area contributed by atoms with E-state index in [1.54, 1.807) is 0 Å². The SMILES string of the molecule is C[C@H](Sc1nnnn1C1CCCCC1)C(=O)c1ccc(F)cc1. The second-order valence-electron chi connectivity index (χ2n) is 5.83. The number of carbonyl (C=O) groups is 1. The number of Topliss-reactive ketones (excluding diaryl/α,β-unsaturated/α-hetero) is 1. The Labute approximate surface area is 138 Å². The zero-order chi connectivity index (χ0) is 16.2. The third-order valence-electron chi connectivity index (χ3n) is 4.16. The van der Waals surface area contributed by atoms with E-state index in [1.165, 1.54) is 55.3 Å². The van der Waals surface area contributed by atoms with Gasteiger partial charge in [-0.3, -0.25) is 4.79 Å². The van der Waals surface area contributed by atoms with Gasteiger partial charge in [0.15, 0.2) is 5.78 Å². The molecule has 1 heterocycles. The van der Waals surface area contributed by atoms with Crippen molar-refractivity contribution in [1.82, 2.24) is 20.2 Å². The molecule has 1 saturated carbocycles. The van der Waals surface area contributed by atoms with Gasteiger partial charge in [-0.05, 0) is 54.5 Å². The molecule has 0 N–H and O–H groups in total. The summed E-state index contributed by atoms with van der Waals surface area (Å²) in [6, 6.07) is 5.96. The van der Waals surface area contributed by atoms with Gasteiger partial charge in [0.2, 0.25) is 5.16 Å². The van der Waals surface area contributed by atoms with E-state index in [9.17, 15) is 9.18 Å². The summed E-state index contributed by atoms with van der Waals surface area (Å²) in [7, 11) is 0. The summed E-state index contributed by atoms with van der Waals surface area (Å²) in [6.45, 7) is 1.83. The van der Waals surface area contributed by atoms with E-state index in [0.29, 0.717) is 16.8 Å². The molecule has 2 aromatic rings. The second kappa shape index (κ2) is 7.21. The van der Waals surface area contributed by atoms with Crippen molar-refractivity contribution < 1.29 is 9.18 Å². The number of tetrazole rings is 1. The van der Waals surface area contributed by atoms with Crippen molar-refractivity contribution in [1.29, 1.82) is 0 Å². The lowest BCUT2D eigenvalue weighted by molar-refractivity contribution is 0.0993. The van der Waals surface area contributed by atoms with E-state index in [1.807, 2.05) is 11.6 Å². The van der Waals surface area contributed by atoms with Crippen molar-refractivity contribution in [2.75, 3.05) is 0 Å². The van der Waals surface area contributed by atoms with Crippen molar-refractivity contribution in [3.05, 3.63) is 35.6 Å². The standard InChI is InChI=1S/C16H19FN4OS/c1-11(15(22)12-7-9-13(17)10-8-12)23-16-18-19-20-21(16)14-5-3-2-4-6-14/h7-11,14H,2-6H2,1H3/t11-/m0/s1. The molecule has 0 saturated heterocycles. The first-order valence-corrected chi connectivity index (χ1v) is 8.77. The number of thioether (sulfide) groups is 1. The van der Waals surface area contributed by atoms with Gasteiger partial charge < -0.3 is 0 Å². The summed E-state index contributed by atoms with van der Waals surface area (Å²) in [5.74, 6) is -0.392. The predicted molar refractivity (Wildman–Crippen MR) is 86.0 cm³/mol. The van der Waals surface area contributed by atoms with E-state index < -0.39 is 0 Å². The van der Waals surface area contributed by atoms with Gasteiger partial charge >= 0.3 is 0 Å². The first-order valence-electron chi connectivity index (χ1n) is 7.89. The summed E-state index contributed by atoms with van der Waals surface area (Å²) in [5, 5.41) is 12.3. The molecule has 1 aromatic heterocycles. The van der Waals surface area contributed by atoms with Crippen LogP contribution in [0.2, 0.25) is 0 Å². The molecule has 1 aromatic carbocycles. The lowest BCUT2D eigenvalue weighted by Gasteiger charge is -2.22. The highest BCUT2D eigenvalue weighted by Gasteiger charge is 2.24. The minimum atomic E-state index is -0.344. The number of hydrogen-bond acceptors (Lipinski definition) is 5. The lowest BCUT2D eigenvalue weighted by Crippen LogP contribution is -2.18. The van der Waals surface area contributed by atoms with E-state index in [-0.39, 0.29) is 16.9 Å². The molecule has 1 atom stereocenters. The topological polar surface area (TPSA) is 60.7 Å². The van der Waals surface area contributed by atoms with Crippen LogP contribution in [0.25, 0.3) is 0 Å². The Balaban J connectivity index is 1.70. The van der Waals surface area contributed by atoms with Crippen molar-refractivity contribution in [3.8, 4) is 0 Å². The van der Waals surface area contributed by atoms with Gasteiger partial charge in [0.25, 0.3) is 0 Å². The quantitative estimate of drug-likeness (QED) is 0.616. The molecule has 0 bridgehead atoms. The van der Waals surface area contributed by atoms with Crippen LogP contribution in [0, 0.1) is 5.82 Å². The van der Waals surface area contributed by atoms with E-state index in [2.05, 4.69) is 15.5 Å². The van der Waals surface area contributed by atoms with Gasteiger partial charge in [-0.2, -0.15) is 0 Å². The maximum atomic E-state index is 13.0. The average Bonchev–Trinajstić information content (AvgIpc) is 3.04. The lowest BCUT2D eigenvalue weighted by atomic mass is 9.96. The van der Waals surface area contributed by atoms with Gasteiger partial charge in [0.1, 0.15) is 5.82 Å². The molecule has 0 radical (unpaired) electrons. The van der Waals surface area contributed by atoms with Crippen molar-refractivity contribution in [3.63, 3.8) is 0 Å². The Kier molecular flexibility index (Phi) is 5.05. The highest BCUT2D eigenvalue weighted by Crippen LogP contribution is 2.32. The second-order valence-corrected chi connectivity index (χ2v) is 7.14. The summed E-state index contributed by atoms with van der Waals surface area (Å²) >= 11 is 1.36. The normalized spacial score (nSPS) is 17.1. The van der Waals surface area contributed by atoms with Crippen LogP contribution in [0.1, 0.15) is 55.4 Å². The maximum Gasteiger partial charge on any atom is 0.210 e. The Hall–Kier alpha value is -1.76. The highest BCUT2D eigenvalue weighted by molar-refractivity contribution is 8.00. The van der Waals surface area contributed by atoms with Crippen LogP contribution in [-0.2, 0) is 0 Å². The van der Waals surface area contributed by atoms with Crippen LogP contribution in [0.5, 0.6) is 0 Å². The Morgan fingerprint density at radius 1 is 1.26 bits per heavy atom. The minimum Gasteiger partial charge on any atom is -0.293 e. The fourth-order valence-corrected chi connectivity index (χ4v) is 3.81. The van der Waals surface area contributed by atoms with Crippen molar-refractivity contribution >= 4 is 17.5 Å². The van der Waals surface area contributed by atoms with E-state index in [4.69, 9.17) is 0 Å². The van der Waals surface area contributed by atoms with Crippen LogP contribution in [0.4, 0.5) is 4.39 Å². The summed E-state index contributed by atoms with van der Waals surface area (Å²) < 4.78 is 14.8. The molecular formula is C16H19FN4OS. The molecule has 122 valence electrons. The summed E-state index contributed by atoms with van der Waals surface area (Å²) in [5.41, 5.74) is 0.503. The Morgan fingerprint density at radius 3 is 2.65 bits per heavy atom. The Morgan fingerprint density at radius 2 is 1.96 bits per heavy atom. The van der Waals surface area contributed by atoms with Gasteiger partial charge in [-0.15, -0.1) is 5.10 Å². The molecule has 3 rings (SSSR count). The first-order chi connectivity index (χ1) is 11.1. The fourth-order valence-electron chi connectivity index (χ4n) is 2.88. The molecule has 0 spiro atoms. The number of carbonyl (C=O) groups excluding carboxylic acids is 1. The number of rotatable bonds is 5. The number of benzene rings is 1. The van der Waals surface area contributed by atoms with Gasteiger partial charge in [0, 0.05) is 5.56 Å².